The van der Waals surface area contributed by atoms with Gasteiger partial charge in [0.05, 0.1) is 48.8 Å². The van der Waals surface area contributed by atoms with Crippen LogP contribution in [0.1, 0.15) is 136 Å². The first-order valence-corrected chi connectivity index (χ1v) is 16.5. The van der Waals surface area contributed by atoms with Crippen LogP contribution in [0.3, 0.4) is 0 Å². The molecule has 8 nitrogen and oxygen atoms in total. The molecule has 0 amide bonds. The zero-order valence-electron chi connectivity index (χ0n) is 29.2. The van der Waals surface area contributed by atoms with Crippen LogP contribution in [0.25, 0.3) is 0 Å². The van der Waals surface area contributed by atoms with Crippen molar-refractivity contribution in [2.75, 3.05) is 35.2 Å². The van der Waals surface area contributed by atoms with Crippen LogP contribution in [-0.4, -0.2) is 118 Å². The smallest absolute Gasteiger partial charge is 0.0705 e. The van der Waals surface area contributed by atoms with Gasteiger partial charge in [0, 0.05) is 24.2 Å². The summed E-state index contributed by atoms with van der Waals surface area (Å²) in [6, 6.07) is 2.06. The molecule has 4 heterocycles. The van der Waals surface area contributed by atoms with E-state index in [1.54, 1.807) is 0 Å². The van der Waals surface area contributed by atoms with Gasteiger partial charge in [0.25, 0.3) is 0 Å². The predicted octanol–water partition coefficient (Wildman–Crippen LogP) is 7.62. The van der Waals surface area contributed by atoms with Crippen molar-refractivity contribution in [3.05, 3.63) is 0 Å². The normalized spacial score (nSPS) is 37.6. The van der Waals surface area contributed by atoms with Crippen molar-refractivity contribution in [1.82, 2.24) is 15.1 Å². The molecule has 12 atom stereocenters. The van der Waals surface area contributed by atoms with E-state index in [1.807, 2.05) is 14.0 Å². The van der Waals surface area contributed by atoms with Gasteiger partial charge in [-0.05, 0) is 142 Å². The summed E-state index contributed by atoms with van der Waals surface area (Å²) < 4.78 is 22.5. The van der Waals surface area contributed by atoms with Gasteiger partial charge < -0.3 is 39.8 Å². The molecule has 0 radical (unpaired) electrons. The maximum atomic E-state index is 5.72. The maximum absolute atomic E-state index is 5.72. The van der Waals surface area contributed by atoms with E-state index in [4.69, 9.17) is 24.7 Å². The van der Waals surface area contributed by atoms with Crippen molar-refractivity contribution >= 4 is 0 Å². The van der Waals surface area contributed by atoms with Gasteiger partial charge >= 0.3 is 0 Å². The van der Waals surface area contributed by atoms with Crippen LogP contribution >= 0.6 is 0 Å². The van der Waals surface area contributed by atoms with Crippen LogP contribution in [0.5, 0.6) is 0 Å². The number of likely N-dealkylation sites (N-methyl/N-ethyl adjacent to an activating group) is 3. The van der Waals surface area contributed by atoms with Gasteiger partial charge in [-0.15, -0.1) is 0 Å². The molecule has 0 aromatic carbocycles. The zero-order valence-corrected chi connectivity index (χ0v) is 29.2. The Morgan fingerprint density at radius 2 is 0.778 bits per heavy atom. The lowest BCUT2D eigenvalue weighted by Gasteiger charge is -2.37. The quantitative estimate of drug-likeness (QED) is 0.323. The van der Waals surface area contributed by atoms with Crippen molar-refractivity contribution in [3.8, 4) is 0 Å². The minimum absolute atomic E-state index is 0. The van der Waals surface area contributed by atoms with Gasteiger partial charge in [-0.25, -0.2) is 0 Å². The highest BCUT2D eigenvalue weighted by Gasteiger charge is 2.28. The second-order valence-electron chi connectivity index (χ2n) is 13.5. The molecule has 8 heteroatoms. The molecule has 278 valence electrons. The fourth-order valence-corrected chi connectivity index (χ4v) is 6.44. The summed E-state index contributed by atoms with van der Waals surface area (Å²) in [4.78, 5) is 4.52. The Hall–Kier alpha value is -0.320. The number of nitrogens with zero attached hydrogens (tertiary/aromatic N) is 2. The molecule has 0 unspecified atom stereocenters. The fourth-order valence-electron chi connectivity index (χ4n) is 6.44. The van der Waals surface area contributed by atoms with Crippen LogP contribution in [0.15, 0.2) is 0 Å². The summed E-state index contributed by atoms with van der Waals surface area (Å²) in [5.41, 5.74) is 5.72. The summed E-state index contributed by atoms with van der Waals surface area (Å²) in [5.74, 6) is 0. The lowest BCUT2D eigenvalue weighted by atomic mass is 9.99. The Bertz CT molecular complexity index is 640. The molecule has 0 aliphatic carbocycles. The van der Waals surface area contributed by atoms with Crippen LogP contribution in [0.2, 0.25) is 0 Å². The largest absolute Gasteiger partial charge is 0.374 e. The Kier molecular flexibility index (Phi) is 30.5. The van der Waals surface area contributed by atoms with Gasteiger partial charge in [-0.1, -0.05) is 29.7 Å². The van der Waals surface area contributed by atoms with Crippen LogP contribution < -0.4 is 11.1 Å². The Balaban J connectivity index is -0.000000242. The molecule has 4 aliphatic heterocycles. The number of hydrogen-bond donors (Lipinski definition) is 2. The van der Waals surface area contributed by atoms with Gasteiger partial charge in [-0.2, -0.15) is 0 Å². The molecule has 45 heavy (non-hydrogen) atoms. The Morgan fingerprint density at radius 1 is 0.467 bits per heavy atom. The molecule has 0 bridgehead atoms. The van der Waals surface area contributed by atoms with E-state index in [9.17, 15) is 0 Å². The third-order valence-corrected chi connectivity index (χ3v) is 9.27. The van der Waals surface area contributed by atoms with Gasteiger partial charge in [-0.3, -0.25) is 0 Å². The van der Waals surface area contributed by atoms with E-state index in [0.29, 0.717) is 60.9 Å². The molecule has 0 aromatic heterocycles. The Labute approximate surface area is 284 Å². The summed E-state index contributed by atoms with van der Waals surface area (Å²) in [6.45, 7) is 17.1. The molecule has 4 aliphatic rings. The summed E-state index contributed by atoms with van der Waals surface area (Å²) in [6.07, 6.45) is 12.8. The maximum Gasteiger partial charge on any atom is 0.0705 e. The Morgan fingerprint density at radius 3 is 1.04 bits per heavy atom. The van der Waals surface area contributed by atoms with Crippen LogP contribution in [0.4, 0.5) is 0 Å². The summed E-state index contributed by atoms with van der Waals surface area (Å²) in [7, 11) is 10.5. The minimum Gasteiger partial charge on any atom is -0.374 e. The van der Waals surface area contributed by atoms with Crippen molar-refractivity contribution in [3.63, 3.8) is 0 Å². The van der Waals surface area contributed by atoms with E-state index in [2.05, 4.69) is 91.8 Å². The number of nitrogens with two attached hydrogens (primary N) is 1. The van der Waals surface area contributed by atoms with Crippen molar-refractivity contribution < 1.29 is 18.9 Å². The average Bonchev–Trinajstić information content (AvgIpc) is 2.87. The fraction of sp³-hybridized carbons (Fsp3) is 1.00. The highest BCUT2D eigenvalue weighted by molar-refractivity contribution is 4.81. The first kappa shape index (κ1) is 51.5. The minimum atomic E-state index is 0. The monoisotopic (exact) mass is 651 g/mol. The van der Waals surface area contributed by atoms with Crippen molar-refractivity contribution in [2.24, 2.45) is 5.73 Å². The molecule has 0 spiro atoms. The second kappa shape index (κ2) is 26.6. The van der Waals surface area contributed by atoms with Crippen LogP contribution in [-0.2, 0) is 18.9 Å². The first-order chi connectivity index (χ1) is 19.2. The van der Waals surface area contributed by atoms with E-state index in [-0.39, 0.29) is 41.9 Å². The highest BCUT2D eigenvalue weighted by atomic mass is 16.5. The van der Waals surface area contributed by atoms with Crippen LogP contribution in [0, 0.1) is 0 Å². The van der Waals surface area contributed by atoms with E-state index in [1.165, 1.54) is 38.5 Å². The first-order valence-electron chi connectivity index (χ1n) is 16.5. The van der Waals surface area contributed by atoms with Crippen molar-refractivity contribution in [2.45, 2.75) is 209 Å². The van der Waals surface area contributed by atoms with E-state index >= 15 is 0 Å². The number of nitrogens with one attached hydrogen (secondary N) is 1. The molecule has 4 rings (SSSR count). The van der Waals surface area contributed by atoms with Gasteiger partial charge in [0.1, 0.15) is 0 Å². The topological polar surface area (TPSA) is 81.5 Å². The average molecular weight is 651 g/mol. The SMILES string of the molecule is C.C.C.C.CN[C@H]1CC[C@H](C)O[C@@H]1C.C[C@@H]1O[C@@H](C)CC[C@@H]1N(C)C.C[C@H]1CC[C@H](N(C)C)[C@@H](C)O1.C[C@H]1CC[C@H](N)[C@@H](C)O1. The third-order valence-electron chi connectivity index (χ3n) is 9.27. The standard InChI is InChI=1S/2C9H19NO.C8H17NO.C7H15NO.4CH4/c2*1-7-5-6-9(10(3)4)8(2)11-7;1-6-4-5-8(9-3)7(2)10-6;1-5-3-4-7(8)6(2)9-5;;;;/h2*7-9H,5-6H2,1-4H3;6-9H,4-5H2,1-3H3;5-7H,3-4,8H2,1-2H3;4*1H4/t7-,8+,9-;7-,8-,9-;6-,7+,8-;5-,6+,7-;;;;/m0000..../s1. The number of hydrogen-bond acceptors (Lipinski definition) is 8. The zero-order chi connectivity index (χ0) is 31.3. The second-order valence-corrected chi connectivity index (χ2v) is 13.5. The van der Waals surface area contributed by atoms with E-state index in [0.717, 1.165) is 12.8 Å². The molecular weight excluding hydrogens is 564 g/mol. The lowest BCUT2D eigenvalue weighted by molar-refractivity contribution is -0.0723. The van der Waals surface area contributed by atoms with Gasteiger partial charge in [0.15, 0.2) is 0 Å². The van der Waals surface area contributed by atoms with Gasteiger partial charge in [0.2, 0.25) is 0 Å². The lowest BCUT2D eigenvalue weighted by Crippen LogP contribution is -2.44. The number of rotatable bonds is 3. The van der Waals surface area contributed by atoms with E-state index < -0.39 is 0 Å². The third kappa shape index (κ3) is 19.9. The highest BCUT2D eigenvalue weighted by Crippen LogP contribution is 2.23. The molecule has 3 N–H and O–H groups in total. The molecular formula is C37H86N4O4. The predicted molar refractivity (Wildman–Crippen MR) is 200 cm³/mol. The summed E-state index contributed by atoms with van der Waals surface area (Å²) in [5, 5.41) is 3.25. The summed E-state index contributed by atoms with van der Waals surface area (Å²) >= 11 is 0. The molecule has 0 saturated carbocycles. The number of ether oxygens (including phenoxy) is 4. The molecule has 4 fully saturated rings. The molecule has 4 saturated heterocycles. The van der Waals surface area contributed by atoms with Crippen molar-refractivity contribution in [1.29, 1.82) is 0 Å². The molecule has 0 aromatic rings.